The van der Waals surface area contributed by atoms with Gasteiger partial charge in [-0.15, -0.1) is 0 Å². The summed E-state index contributed by atoms with van der Waals surface area (Å²) in [7, 11) is 0. The van der Waals surface area contributed by atoms with Crippen molar-refractivity contribution < 1.29 is 14.2 Å². The van der Waals surface area contributed by atoms with Crippen LogP contribution in [0.25, 0.3) is 10.3 Å². The average molecular weight is 521 g/mol. The highest BCUT2D eigenvalue weighted by Crippen LogP contribution is 2.46. The molecule has 36 heavy (non-hydrogen) atoms. The Bertz CT molecular complexity index is 1460. The highest BCUT2D eigenvalue weighted by atomic mass is 35.5. The Morgan fingerprint density at radius 3 is 2.69 bits per heavy atom. The SMILES string of the molecule is N#Cc1cnc2nc(Nc3ccc(CN4CCOCC4)cc3)sc2c1Nc1c(Cl)ccc2c1OCO2. The maximum atomic E-state index is 9.74. The molecule has 0 amide bonds. The minimum atomic E-state index is 0.112. The fraction of sp³-hybridized carbons (Fsp3) is 0.240. The van der Waals surface area contributed by atoms with Gasteiger partial charge in [-0.05, 0) is 29.8 Å². The molecule has 2 aliphatic heterocycles. The van der Waals surface area contributed by atoms with Gasteiger partial charge in [-0.25, -0.2) is 4.98 Å². The van der Waals surface area contributed by atoms with Crippen LogP contribution in [0.2, 0.25) is 5.02 Å². The zero-order chi connectivity index (χ0) is 24.5. The molecule has 4 aromatic rings. The molecule has 0 saturated carbocycles. The lowest BCUT2D eigenvalue weighted by atomic mass is 10.2. The average Bonchev–Trinajstić information content (AvgIpc) is 3.54. The van der Waals surface area contributed by atoms with Crippen LogP contribution in [0.1, 0.15) is 11.1 Å². The number of morpholine rings is 1. The molecule has 1 saturated heterocycles. The van der Waals surface area contributed by atoms with E-state index in [1.165, 1.54) is 23.1 Å². The molecule has 6 rings (SSSR count). The summed E-state index contributed by atoms with van der Waals surface area (Å²) < 4.78 is 17.2. The molecule has 4 heterocycles. The highest BCUT2D eigenvalue weighted by molar-refractivity contribution is 7.22. The maximum Gasteiger partial charge on any atom is 0.231 e. The van der Waals surface area contributed by atoms with Crippen molar-refractivity contribution in [3.8, 4) is 17.6 Å². The number of thiazole rings is 1. The minimum Gasteiger partial charge on any atom is -0.454 e. The molecule has 0 unspecified atom stereocenters. The summed E-state index contributed by atoms with van der Waals surface area (Å²) in [5.74, 6) is 1.10. The largest absolute Gasteiger partial charge is 0.454 e. The normalized spacial score (nSPS) is 15.1. The monoisotopic (exact) mass is 520 g/mol. The van der Waals surface area contributed by atoms with E-state index in [1.54, 1.807) is 12.1 Å². The van der Waals surface area contributed by atoms with Crippen LogP contribution < -0.4 is 20.1 Å². The van der Waals surface area contributed by atoms with E-state index in [9.17, 15) is 5.26 Å². The molecule has 0 radical (unpaired) electrons. The van der Waals surface area contributed by atoms with E-state index in [1.807, 2.05) is 12.1 Å². The molecule has 0 spiro atoms. The molecule has 0 bridgehead atoms. The molecule has 2 aromatic heterocycles. The Labute approximate surface area is 216 Å². The predicted molar refractivity (Wildman–Crippen MR) is 139 cm³/mol. The molecular weight excluding hydrogens is 500 g/mol. The first-order chi connectivity index (χ1) is 17.7. The third-order valence-corrected chi connectivity index (χ3v) is 7.29. The van der Waals surface area contributed by atoms with Crippen LogP contribution in [-0.2, 0) is 11.3 Å². The summed E-state index contributed by atoms with van der Waals surface area (Å²) in [6.45, 7) is 4.50. The van der Waals surface area contributed by atoms with E-state index in [4.69, 9.17) is 25.8 Å². The van der Waals surface area contributed by atoms with Gasteiger partial charge in [0.25, 0.3) is 0 Å². The molecule has 11 heteroatoms. The fourth-order valence-corrected chi connectivity index (χ4v) is 5.30. The molecule has 1 fully saturated rings. The van der Waals surface area contributed by atoms with Crippen LogP contribution in [0.3, 0.4) is 0 Å². The molecule has 182 valence electrons. The van der Waals surface area contributed by atoms with Crippen molar-refractivity contribution in [2.24, 2.45) is 0 Å². The lowest BCUT2D eigenvalue weighted by molar-refractivity contribution is 0.0342. The maximum absolute atomic E-state index is 9.74. The van der Waals surface area contributed by atoms with E-state index in [2.05, 4.69) is 43.7 Å². The van der Waals surface area contributed by atoms with Gasteiger partial charge in [0.2, 0.25) is 6.79 Å². The number of pyridine rings is 1. The molecular formula is C25H21ClN6O3S. The standard InChI is InChI=1S/C25H21ClN6O3S/c26-18-5-6-19-22(35-14-34-19)21(18)30-20-16(11-27)12-28-24-23(20)36-25(31-24)29-17-3-1-15(2-4-17)13-32-7-9-33-10-8-32/h1-6,12H,7-10,13-14H2,(H2,28,29,30,31). The first kappa shape index (κ1) is 22.8. The number of benzene rings is 2. The van der Waals surface area contributed by atoms with Crippen LogP contribution in [0, 0.1) is 11.3 Å². The smallest absolute Gasteiger partial charge is 0.231 e. The second-order valence-corrected chi connectivity index (χ2v) is 9.73. The number of nitrogens with one attached hydrogen (secondary N) is 2. The van der Waals surface area contributed by atoms with Gasteiger partial charge in [-0.1, -0.05) is 35.1 Å². The fourth-order valence-electron chi connectivity index (χ4n) is 4.16. The van der Waals surface area contributed by atoms with E-state index < -0.39 is 0 Å². The number of aromatic nitrogens is 2. The molecule has 2 N–H and O–H groups in total. The summed E-state index contributed by atoms with van der Waals surface area (Å²) in [5, 5.41) is 17.5. The van der Waals surface area contributed by atoms with Crippen LogP contribution in [0.4, 0.5) is 22.2 Å². The van der Waals surface area contributed by atoms with Gasteiger partial charge in [0, 0.05) is 31.5 Å². The van der Waals surface area contributed by atoms with Gasteiger partial charge in [0.1, 0.15) is 16.5 Å². The topological polar surface area (TPSA) is 105 Å². The first-order valence-electron chi connectivity index (χ1n) is 11.4. The van der Waals surface area contributed by atoms with Crippen LogP contribution in [-0.4, -0.2) is 48.0 Å². The minimum absolute atomic E-state index is 0.112. The van der Waals surface area contributed by atoms with Crippen LogP contribution in [0.5, 0.6) is 11.5 Å². The Morgan fingerprint density at radius 2 is 1.89 bits per heavy atom. The van der Waals surface area contributed by atoms with Crippen molar-refractivity contribution in [2.45, 2.75) is 6.54 Å². The Balaban J connectivity index is 1.26. The van der Waals surface area contributed by atoms with Crippen molar-refractivity contribution in [2.75, 3.05) is 43.7 Å². The summed E-state index contributed by atoms with van der Waals surface area (Å²) >= 11 is 7.86. The third-order valence-electron chi connectivity index (χ3n) is 6.00. The lowest BCUT2D eigenvalue weighted by Crippen LogP contribution is -2.35. The van der Waals surface area contributed by atoms with Gasteiger partial charge < -0.3 is 24.8 Å². The summed E-state index contributed by atoms with van der Waals surface area (Å²) in [6.07, 6.45) is 1.50. The predicted octanol–water partition coefficient (Wildman–Crippen LogP) is 5.26. The Hall–Kier alpha value is -3.62. The van der Waals surface area contributed by atoms with Crippen molar-refractivity contribution in [1.82, 2.24) is 14.9 Å². The Morgan fingerprint density at radius 1 is 1.06 bits per heavy atom. The number of rotatable bonds is 6. The van der Waals surface area contributed by atoms with E-state index in [0.717, 1.165) is 43.2 Å². The number of hydrogen-bond acceptors (Lipinski definition) is 10. The first-order valence-corrected chi connectivity index (χ1v) is 12.6. The van der Waals surface area contributed by atoms with E-state index >= 15 is 0 Å². The number of fused-ring (bicyclic) bond motifs is 2. The summed E-state index contributed by atoms with van der Waals surface area (Å²) in [4.78, 5) is 11.4. The van der Waals surface area contributed by atoms with Crippen molar-refractivity contribution in [3.05, 3.63) is 58.7 Å². The second kappa shape index (κ2) is 9.79. The number of halogens is 1. The van der Waals surface area contributed by atoms with Crippen LogP contribution >= 0.6 is 22.9 Å². The quantitative estimate of drug-likeness (QED) is 0.352. The number of ether oxygens (including phenoxy) is 3. The molecule has 2 aromatic carbocycles. The van der Waals surface area contributed by atoms with Gasteiger partial charge >= 0.3 is 0 Å². The summed E-state index contributed by atoms with van der Waals surface area (Å²) in [6, 6.07) is 14.0. The zero-order valence-electron chi connectivity index (χ0n) is 19.1. The third kappa shape index (κ3) is 4.50. The summed E-state index contributed by atoms with van der Waals surface area (Å²) in [5.41, 5.74) is 4.17. The van der Waals surface area contributed by atoms with Gasteiger partial charge in [0.15, 0.2) is 22.3 Å². The zero-order valence-corrected chi connectivity index (χ0v) is 20.7. The van der Waals surface area contributed by atoms with Crippen LogP contribution in [0.15, 0.2) is 42.6 Å². The van der Waals surface area contributed by atoms with Gasteiger partial charge in [0.05, 0.1) is 29.5 Å². The van der Waals surface area contributed by atoms with Crippen molar-refractivity contribution in [3.63, 3.8) is 0 Å². The molecule has 0 atom stereocenters. The number of nitrogens with zero attached hydrogens (tertiary/aromatic N) is 4. The van der Waals surface area contributed by atoms with Crippen molar-refractivity contribution in [1.29, 1.82) is 5.26 Å². The van der Waals surface area contributed by atoms with E-state index in [0.29, 0.717) is 44.2 Å². The lowest BCUT2D eigenvalue weighted by Gasteiger charge is -2.26. The van der Waals surface area contributed by atoms with E-state index in [-0.39, 0.29) is 6.79 Å². The molecule has 0 aliphatic carbocycles. The van der Waals surface area contributed by atoms with Gasteiger partial charge in [-0.2, -0.15) is 10.2 Å². The molecule has 2 aliphatic rings. The number of hydrogen-bond donors (Lipinski definition) is 2. The van der Waals surface area contributed by atoms with Gasteiger partial charge in [-0.3, -0.25) is 4.90 Å². The Kier molecular flexibility index (Phi) is 6.21. The molecule has 9 nitrogen and oxygen atoms in total. The van der Waals surface area contributed by atoms with Crippen molar-refractivity contribution >= 4 is 55.5 Å². The second-order valence-electron chi connectivity index (χ2n) is 8.32. The number of anilines is 4. The highest BCUT2D eigenvalue weighted by Gasteiger charge is 2.23. The number of nitriles is 1.